The first-order chi connectivity index (χ1) is 12.0. The van der Waals surface area contributed by atoms with Crippen LogP contribution in [0.5, 0.6) is 0 Å². The minimum Gasteiger partial charge on any atom is -0.458 e. The highest BCUT2D eigenvalue weighted by Crippen LogP contribution is 2.22. The van der Waals surface area contributed by atoms with Gasteiger partial charge in [-0.1, -0.05) is 15.9 Å². The molecule has 0 aromatic carbocycles. The third kappa shape index (κ3) is 11.2. The molecule has 2 amide bonds. The summed E-state index contributed by atoms with van der Waals surface area (Å²) >= 11 is 3.31. The van der Waals surface area contributed by atoms with Gasteiger partial charge in [-0.3, -0.25) is 0 Å². The van der Waals surface area contributed by atoms with Crippen LogP contribution in [0.25, 0.3) is 0 Å². The molecule has 0 saturated heterocycles. The Labute approximate surface area is 171 Å². The summed E-state index contributed by atoms with van der Waals surface area (Å²) in [7, 11) is 0. The van der Waals surface area contributed by atoms with Crippen LogP contribution in [0.1, 0.15) is 75.2 Å². The molecule has 0 aromatic heterocycles. The van der Waals surface area contributed by atoms with Crippen LogP contribution >= 0.6 is 15.9 Å². The molecule has 7 nitrogen and oxygen atoms in total. The number of hydrogen-bond acceptors (Lipinski definition) is 6. The number of alkyl halides is 1. The van der Waals surface area contributed by atoms with Crippen molar-refractivity contribution >= 4 is 34.1 Å². The number of carbonyl (C=O) groups is 3. The van der Waals surface area contributed by atoms with E-state index in [1.54, 1.807) is 62.3 Å². The first kappa shape index (κ1) is 25.7. The number of carbonyl (C=O) groups excluding carboxylic acids is 3. The molecule has 0 rings (SSSR count). The molecule has 0 spiro atoms. The average molecular weight is 452 g/mol. The van der Waals surface area contributed by atoms with Crippen LogP contribution in [-0.4, -0.2) is 51.2 Å². The topological polar surface area (TPSA) is 82.1 Å². The van der Waals surface area contributed by atoms with E-state index in [4.69, 9.17) is 14.2 Å². The number of nitrogens with zero attached hydrogens (tertiary/aromatic N) is 1. The molecular formula is C19H34BrNO6. The Balaban J connectivity index is 5.90. The van der Waals surface area contributed by atoms with Gasteiger partial charge in [0.1, 0.15) is 22.8 Å². The Morgan fingerprint density at radius 3 is 1.44 bits per heavy atom. The number of hydrogen-bond donors (Lipinski definition) is 0. The Morgan fingerprint density at radius 2 is 1.15 bits per heavy atom. The fourth-order valence-electron chi connectivity index (χ4n) is 1.94. The Bertz CT molecular complexity index is 500. The van der Waals surface area contributed by atoms with Crippen molar-refractivity contribution in [2.24, 2.45) is 0 Å². The fraction of sp³-hybridized carbons (Fsp3) is 0.842. The predicted octanol–water partition coefficient (Wildman–Crippen LogP) is 5.04. The molecule has 0 aliphatic heterocycles. The van der Waals surface area contributed by atoms with E-state index in [-0.39, 0.29) is 6.42 Å². The number of rotatable bonds is 5. The van der Waals surface area contributed by atoms with Gasteiger partial charge in [0.15, 0.2) is 0 Å². The first-order valence-electron chi connectivity index (χ1n) is 9.01. The summed E-state index contributed by atoms with van der Waals surface area (Å²) in [6.45, 7) is 15.2. The van der Waals surface area contributed by atoms with Gasteiger partial charge in [0.05, 0.1) is 0 Å². The highest BCUT2D eigenvalue weighted by Gasteiger charge is 2.41. The van der Waals surface area contributed by atoms with Gasteiger partial charge >= 0.3 is 18.2 Å². The molecule has 1 atom stereocenters. The molecule has 0 heterocycles. The van der Waals surface area contributed by atoms with Gasteiger partial charge in [0.25, 0.3) is 0 Å². The molecular weight excluding hydrogens is 418 g/mol. The molecule has 0 saturated carbocycles. The number of amides is 2. The molecule has 0 aliphatic rings. The molecule has 0 unspecified atom stereocenters. The molecule has 158 valence electrons. The quantitative estimate of drug-likeness (QED) is 0.330. The van der Waals surface area contributed by atoms with E-state index >= 15 is 0 Å². The minimum atomic E-state index is -1.15. The monoisotopic (exact) mass is 451 g/mol. The second kappa shape index (κ2) is 9.75. The lowest BCUT2D eigenvalue weighted by molar-refractivity contribution is -0.161. The van der Waals surface area contributed by atoms with E-state index in [2.05, 4.69) is 15.9 Å². The summed E-state index contributed by atoms with van der Waals surface area (Å²) in [5, 5.41) is 0.600. The summed E-state index contributed by atoms with van der Waals surface area (Å²) < 4.78 is 16.1. The second-order valence-electron chi connectivity index (χ2n) is 9.21. The largest absolute Gasteiger partial charge is 0.458 e. The van der Waals surface area contributed by atoms with Crippen molar-refractivity contribution in [3.05, 3.63) is 0 Å². The van der Waals surface area contributed by atoms with Crippen molar-refractivity contribution in [2.75, 3.05) is 5.33 Å². The van der Waals surface area contributed by atoms with Crippen molar-refractivity contribution in [1.29, 1.82) is 0 Å². The summed E-state index contributed by atoms with van der Waals surface area (Å²) in [5.74, 6) is -0.680. The number of halogens is 1. The van der Waals surface area contributed by atoms with Gasteiger partial charge in [-0.2, -0.15) is 4.90 Å². The SMILES string of the molecule is CC(C)(C)OC(=O)[C@H](CCCBr)N(C(=O)OC(C)(C)C)C(=O)OC(C)(C)C. The van der Waals surface area contributed by atoms with Crippen LogP contribution < -0.4 is 0 Å². The molecule has 0 N–H and O–H groups in total. The molecule has 27 heavy (non-hydrogen) atoms. The molecule has 0 bridgehead atoms. The van der Waals surface area contributed by atoms with Gasteiger partial charge in [-0.25, -0.2) is 14.4 Å². The normalized spacial score (nSPS) is 13.6. The Hall–Kier alpha value is -1.31. The lowest BCUT2D eigenvalue weighted by Gasteiger charge is -2.33. The maximum atomic E-state index is 12.8. The number of imide groups is 1. The first-order valence-corrected chi connectivity index (χ1v) is 10.1. The molecule has 0 aliphatic carbocycles. The predicted molar refractivity (Wildman–Crippen MR) is 107 cm³/mol. The van der Waals surface area contributed by atoms with Gasteiger partial charge in [0.2, 0.25) is 0 Å². The maximum Gasteiger partial charge on any atom is 0.420 e. The summed E-state index contributed by atoms with van der Waals surface area (Å²) in [6, 6.07) is -1.15. The molecule has 0 fully saturated rings. The van der Waals surface area contributed by atoms with Crippen LogP contribution in [0.4, 0.5) is 9.59 Å². The summed E-state index contributed by atoms with van der Waals surface area (Å²) in [5.41, 5.74) is -2.45. The maximum absolute atomic E-state index is 12.8. The molecule has 0 radical (unpaired) electrons. The standard InChI is InChI=1S/C19H34BrNO6/c1-17(2,3)25-14(22)13(11-10-12-20)21(15(23)26-18(4,5)6)16(24)27-19(7,8)9/h13H,10-12H2,1-9H3/t13-/m0/s1. The zero-order valence-electron chi connectivity index (χ0n) is 18.0. The van der Waals surface area contributed by atoms with Crippen LogP contribution in [-0.2, 0) is 19.0 Å². The summed E-state index contributed by atoms with van der Waals surface area (Å²) in [6.07, 6.45) is -1.12. The highest BCUT2D eigenvalue weighted by atomic mass is 79.9. The van der Waals surface area contributed by atoms with Gasteiger partial charge in [-0.15, -0.1) is 0 Å². The minimum absolute atomic E-state index is 0.221. The van der Waals surface area contributed by atoms with E-state index < -0.39 is 41.0 Å². The van der Waals surface area contributed by atoms with Crippen LogP contribution in [0.2, 0.25) is 0 Å². The van der Waals surface area contributed by atoms with Gasteiger partial charge < -0.3 is 14.2 Å². The van der Waals surface area contributed by atoms with Crippen molar-refractivity contribution < 1.29 is 28.6 Å². The average Bonchev–Trinajstić information content (AvgIpc) is 2.36. The molecule has 8 heteroatoms. The number of ether oxygens (including phenoxy) is 3. The summed E-state index contributed by atoms with van der Waals surface area (Å²) in [4.78, 5) is 39.0. The third-order valence-corrected chi connectivity index (χ3v) is 3.34. The highest BCUT2D eigenvalue weighted by molar-refractivity contribution is 9.09. The van der Waals surface area contributed by atoms with Crippen LogP contribution in [0, 0.1) is 0 Å². The van der Waals surface area contributed by atoms with Crippen molar-refractivity contribution in [1.82, 2.24) is 4.90 Å². The van der Waals surface area contributed by atoms with E-state index in [0.29, 0.717) is 11.8 Å². The lowest BCUT2D eigenvalue weighted by atomic mass is 10.1. The van der Waals surface area contributed by atoms with E-state index in [0.717, 1.165) is 4.90 Å². The fourth-order valence-corrected chi connectivity index (χ4v) is 2.27. The van der Waals surface area contributed by atoms with Crippen molar-refractivity contribution in [3.8, 4) is 0 Å². The molecule has 0 aromatic rings. The Morgan fingerprint density at radius 1 is 0.778 bits per heavy atom. The van der Waals surface area contributed by atoms with E-state index in [9.17, 15) is 14.4 Å². The third-order valence-electron chi connectivity index (χ3n) is 2.78. The van der Waals surface area contributed by atoms with Crippen molar-refractivity contribution in [3.63, 3.8) is 0 Å². The van der Waals surface area contributed by atoms with Crippen LogP contribution in [0.3, 0.4) is 0 Å². The van der Waals surface area contributed by atoms with Crippen molar-refractivity contribution in [2.45, 2.75) is 98.0 Å². The Kier molecular flexibility index (Phi) is 9.28. The van der Waals surface area contributed by atoms with Gasteiger partial charge in [-0.05, 0) is 75.2 Å². The number of esters is 1. The van der Waals surface area contributed by atoms with E-state index in [1.807, 2.05) is 0 Å². The lowest BCUT2D eigenvalue weighted by Crippen LogP contribution is -2.53. The van der Waals surface area contributed by atoms with Crippen LogP contribution in [0.15, 0.2) is 0 Å². The van der Waals surface area contributed by atoms with Gasteiger partial charge in [0, 0.05) is 5.33 Å². The smallest absolute Gasteiger partial charge is 0.420 e. The second-order valence-corrected chi connectivity index (χ2v) is 10.0. The zero-order valence-corrected chi connectivity index (χ0v) is 19.6. The van der Waals surface area contributed by atoms with E-state index in [1.165, 1.54) is 0 Å². The zero-order chi connectivity index (χ0) is 21.6.